The molecule has 0 radical (unpaired) electrons. The van der Waals surface area contributed by atoms with Crippen LogP contribution in [-0.4, -0.2) is 0 Å². The Kier molecular flexibility index (Phi) is 2.00. The zero-order valence-corrected chi connectivity index (χ0v) is 9.37. The van der Waals surface area contributed by atoms with Gasteiger partial charge in [-0.3, -0.25) is 0 Å². The minimum Gasteiger partial charge on any atom is -0.326 e. The third kappa shape index (κ3) is 1.24. The quantitative estimate of drug-likeness (QED) is 0.732. The number of rotatable bonds is 1. The normalized spacial score (nSPS) is 24.8. The van der Waals surface area contributed by atoms with Crippen molar-refractivity contribution in [2.45, 2.75) is 45.1 Å². The molecule has 72 valence electrons. The van der Waals surface area contributed by atoms with E-state index in [2.05, 4.69) is 26.2 Å². The van der Waals surface area contributed by atoms with Crippen molar-refractivity contribution in [3.8, 4) is 0 Å². The molecule has 2 N–H and O–H groups in total. The van der Waals surface area contributed by atoms with E-state index in [4.69, 9.17) is 5.73 Å². The Bertz CT molecular complexity index is 325. The van der Waals surface area contributed by atoms with Crippen LogP contribution in [0.15, 0.2) is 5.38 Å². The number of thiophene rings is 1. The SMILES string of the molecule is CC1CC(C)(C)c2scc(CN)c21. The van der Waals surface area contributed by atoms with Crippen LogP contribution in [0.25, 0.3) is 0 Å². The van der Waals surface area contributed by atoms with E-state index in [0.717, 1.165) is 0 Å². The van der Waals surface area contributed by atoms with Crippen molar-refractivity contribution in [3.63, 3.8) is 0 Å². The first-order chi connectivity index (χ1) is 6.06. The van der Waals surface area contributed by atoms with Gasteiger partial charge in [-0.1, -0.05) is 20.8 Å². The van der Waals surface area contributed by atoms with Crippen LogP contribution < -0.4 is 5.73 Å². The van der Waals surface area contributed by atoms with E-state index in [1.54, 1.807) is 10.4 Å². The van der Waals surface area contributed by atoms with Crippen molar-refractivity contribution in [1.82, 2.24) is 0 Å². The van der Waals surface area contributed by atoms with Gasteiger partial charge in [-0.05, 0) is 34.3 Å². The van der Waals surface area contributed by atoms with Crippen LogP contribution in [-0.2, 0) is 12.0 Å². The van der Waals surface area contributed by atoms with Gasteiger partial charge in [0, 0.05) is 11.4 Å². The van der Waals surface area contributed by atoms with Crippen molar-refractivity contribution in [2.75, 3.05) is 0 Å². The van der Waals surface area contributed by atoms with Crippen molar-refractivity contribution in [2.24, 2.45) is 5.73 Å². The summed E-state index contributed by atoms with van der Waals surface area (Å²) in [6.07, 6.45) is 1.28. The molecule has 0 spiro atoms. The first kappa shape index (κ1) is 9.22. The molecule has 1 heterocycles. The molecular weight excluding hydrogens is 178 g/mol. The number of hydrogen-bond donors (Lipinski definition) is 1. The third-order valence-electron chi connectivity index (χ3n) is 3.05. The third-order valence-corrected chi connectivity index (χ3v) is 4.46. The van der Waals surface area contributed by atoms with Gasteiger partial charge in [0.25, 0.3) is 0 Å². The van der Waals surface area contributed by atoms with Gasteiger partial charge >= 0.3 is 0 Å². The summed E-state index contributed by atoms with van der Waals surface area (Å²) in [6.45, 7) is 7.70. The van der Waals surface area contributed by atoms with E-state index in [0.29, 0.717) is 17.9 Å². The van der Waals surface area contributed by atoms with Crippen LogP contribution >= 0.6 is 11.3 Å². The van der Waals surface area contributed by atoms with Gasteiger partial charge in [0.15, 0.2) is 0 Å². The van der Waals surface area contributed by atoms with Crippen molar-refractivity contribution < 1.29 is 0 Å². The molecule has 0 aromatic carbocycles. The highest BCUT2D eigenvalue weighted by atomic mass is 32.1. The molecule has 0 saturated heterocycles. The second-order valence-corrected chi connectivity index (χ2v) is 5.58. The minimum absolute atomic E-state index is 0.382. The lowest BCUT2D eigenvalue weighted by Crippen LogP contribution is -2.10. The topological polar surface area (TPSA) is 26.0 Å². The largest absolute Gasteiger partial charge is 0.326 e. The smallest absolute Gasteiger partial charge is 0.0189 e. The van der Waals surface area contributed by atoms with E-state index in [9.17, 15) is 0 Å². The Morgan fingerprint density at radius 2 is 2.31 bits per heavy atom. The molecule has 1 aromatic heterocycles. The molecular formula is C11H17NS. The molecule has 1 atom stereocenters. The molecule has 2 rings (SSSR count). The number of fused-ring (bicyclic) bond motifs is 1. The van der Waals surface area contributed by atoms with E-state index < -0.39 is 0 Å². The fraction of sp³-hybridized carbons (Fsp3) is 0.636. The molecule has 1 aliphatic rings. The van der Waals surface area contributed by atoms with E-state index in [1.165, 1.54) is 12.0 Å². The van der Waals surface area contributed by atoms with Gasteiger partial charge in [-0.15, -0.1) is 11.3 Å². The summed E-state index contributed by atoms with van der Waals surface area (Å²) < 4.78 is 0. The lowest BCUT2D eigenvalue weighted by molar-refractivity contribution is 0.494. The number of nitrogens with two attached hydrogens (primary N) is 1. The maximum Gasteiger partial charge on any atom is 0.0189 e. The van der Waals surface area contributed by atoms with Gasteiger partial charge in [0.2, 0.25) is 0 Å². The molecule has 0 aliphatic heterocycles. The lowest BCUT2D eigenvalue weighted by Gasteiger charge is -2.16. The molecule has 1 unspecified atom stereocenters. The number of hydrogen-bond acceptors (Lipinski definition) is 2. The van der Waals surface area contributed by atoms with Gasteiger partial charge < -0.3 is 5.73 Å². The van der Waals surface area contributed by atoms with E-state index in [1.807, 2.05) is 11.3 Å². The van der Waals surface area contributed by atoms with Crippen LogP contribution in [0, 0.1) is 0 Å². The standard InChI is InChI=1S/C11H17NS/c1-7-4-11(2,3)10-9(7)8(5-12)6-13-10/h6-7H,4-5,12H2,1-3H3. The van der Waals surface area contributed by atoms with Crippen LogP contribution in [0.1, 0.15) is 49.1 Å². The maximum absolute atomic E-state index is 5.72. The zero-order valence-electron chi connectivity index (χ0n) is 8.55. The molecule has 1 aromatic rings. The fourth-order valence-corrected chi connectivity index (χ4v) is 3.93. The second kappa shape index (κ2) is 2.82. The zero-order chi connectivity index (χ0) is 9.64. The van der Waals surface area contributed by atoms with Crippen LogP contribution in [0.2, 0.25) is 0 Å². The summed E-state index contributed by atoms with van der Waals surface area (Å²) >= 11 is 1.89. The maximum atomic E-state index is 5.72. The summed E-state index contributed by atoms with van der Waals surface area (Å²) in [6, 6.07) is 0. The molecule has 0 fully saturated rings. The molecule has 0 saturated carbocycles. The van der Waals surface area contributed by atoms with Gasteiger partial charge in [-0.2, -0.15) is 0 Å². The Labute approximate surface area is 84.0 Å². The fourth-order valence-electron chi connectivity index (χ4n) is 2.59. The Morgan fingerprint density at radius 1 is 1.62 bits per heavy atom. The Morgan fingerprint density at radius 3 is 2.92 bits per heavy atom. The predicted octanol–water partition coefficient (Wildman–Crippen LogP) is 2.99. The summed E-state index contributed by atoms with van der Waals surface area (Å²) in [4.78, 5) is 1.57. The molecule has 2 heteroatoms. The van der Waals surface area contributed by atoms with E-state index >= 15 is 0 Å². The van der Waals surface area contributed by atoms with Gasteiger partial charge in [0.05, 0.1) is 0 Å². The van der Waals surface area contributed by atoms with Crippen LogP contribution in [0.4, 0.5) is 0 Å². The molecule has 0 bridgehead atoms. The highest BCUT2D eigenvalue weighted by Gasteiger charge is 2.37. The first-order valence-electron chi connectivity index (χ1n) is 4.87. The minimum atomic E-state index is 0.382. The van der Waals surface area contributed by atoms with Crippen molar-refractivity contribution in [1.29, 1.82) is 0 Å². The molecule has 1 nitrogen and oxygen atoms in total. The summed E-state index contributed by atoms with van der Waals surface area (Å²) in [5.41, 5.74) is 9.03. The lowest BCUT2D eigenvalue weighted by atomic mass is 9.91. The van der Waals surface area contributed by atoms with Gasteiger partial charge in [0.1, 0.15) is 0 Å². The summed E-state index contributed by atoms with van der Waals surface area (Å²) in [5.74, 6) is 0.704. The summed E-state index contributed by atoms with van der Waals surface area (Å²) in [5, 5.41) is 2.24. The highest BCUT2D eigenvalue weighted by Crippen LogP contribution is 2.49. The van der Waals surface area contributed by atoms with Crippen LogP contribution in [0.5, 0.6) is 0 Å². The molecule has 0 amide bonds. The average molecular weight is 195 g/mol. The molecule has 1 aliphatic carbocycles. The van der Waals surface area contributed by atoms with Crippen LogP contribution in [0.3, 0.4) is 0 Å². The van der Waals surface area contributed by atoms with Crippen molar-refractivity contribution >= 4 is 11.3 Å². The van der Waals surface area contributed by atoms with E-state index in [-0.39, 0.29) is 0 Å². The monoisotopic (exact) mass is 195 g/mol. The van der Waals surface area contributed by atoms with Crippen molar-refractivity contribution in [3.05, 3.63) is 21.4 Å². The molecule has 13 heavy (non-hydrogen) atoms. The average Bonchev–Trinajstić information content (AvgIpc) is 2.53. The predicted molar refractivity (Wildman–Crippen MR) is 58.3 cm³/mol. The Hall–Kier alpha value is -0.340. The second-order valence-electron chi connectivity index (χ2n) is 4.70. The highest BCUT2D eigenvalue weighted by molar-refractivity contribution is 7.10. The summed E-state index contributed by atoms with van der Waals surface area (Å²) in [7, 11) is 0. The Balaban J connectivity index is 2.54. The first-order valence-corrected chi connectivity index (χ1v) is 5.75. The van der Waals surface area contributed by atoms with Gasteiger partial charge in [-0.25, -0.2) is 0 Å².